The molecule has 1 aliphatic rings. The molecule has 1 aromatic carbocycles. The molecule has 4 nitrogen and oxygen atoms in total. The standard InChI is InChI=1S/C17H27N3O/c1-17(2,3)18-13-16(21)19-14-9-5-6-10-15(14)20-11-7-4-8-12-20/h5-6,9-10,18H,4,7-8,11-13H2,1-3H3,(H,19,21). The van der Waals surface area contributed by atoms with Crippen LogP contribution in [0, 0.1) is 0 Å². The normalized spacial score (nSPS) is 15.9. The Kier molecular flexibility index (Phi) is 5.23. The van der Waals surface area contributed by atoms with E-state index < -0.39 is 0 Å². The Balaban J connectivity index is 2.01. The maximum absolute atomic E-state index is 12.1. The first kappa shape index (κ1) is 15.8. The highest BCUT2D eigenvalue weighted by atomic mass is 16.1. The first-order chi connectivity index (χ1) is 9.96. The highest BCUT2D eigenvalue weighted by molar-refractivity contribution is 5.95. The van der Waals surface area contributed by atoms with Crippen LogP contribution in [-0.4, -0.2) is 31.1 Å². The van der Waals surface area contributed by atoms with Crippen molar-refractivity contribution in [3.63, 3.8) is 0 Å². The van der Waals surface area contributed by atoms with E-state index in [4.69, 9.17) is 0 Å². The van der Waals surface area contributed by atoms with Crippen molar-refractivity contribution in [2.24, 2.45) is 0 Å². The Morgan fingerprint density at radius 1 is 1.14 bits per heavy atom. The van der Waals surface area contributed by atoms with E-state index in [0.717, 1.165) is 24.5 Å². The number of carbonyl (C=O) groups is 1. The lowest BCUT2D eigenvalue weighted by Crippen LogP contribution is -2.41. The van der Waals surface area contributed by atoms with Crippen molar-refractivity contribution in [2.75, 3.05) is 29.9 Å². The monoisotopic (exact) mass is 289 g/mol. The molecule has 1 fully saturated rings. The van der Waals surface area contributed by atoms with E-state index in [1.54, 1.807) is 0 Å². The summed E-state index contributed by atoms with van der Waals surface area (Å²) in [5.74, 6) is 0.00869. The number of anilines is 2. The van der Waals surface area contributed by atoms with Gasteiger partial charge in [0, 0.05) is 18.6 Å². The lowest BCUT2D eigenvalue weighted by atomic mass is 10.1. The molecule has 1 aliphatic heterocycles. The van der Waals surface area contributed by atoms with Crippen molar-refractivity contribution in [3.05, 3.63) is 24.3 Å². The smallest absolute Gasteiger partial charge is 0.238 e. The molecule has 4 heteroatoms. The van der Waals surface area contributed by atoms with Crippen LogP contribution in [-0.2, 0) is 4.79 Å². The quantitative estimate of drug-likeness (QED) is 0.895. The maximum atomic E-state index is 12.1. The number of amides is 1. The maximum Gasteiger partial charge on any atom is 0.238 e. The molecule has 116 valence electrons. The molecule has 0 radical (unpaired) electrons. The van der Waals surface area contributed by atoms with E-state index in [2.05, 4.69) is 42.4 Å². The van der Waals surface area contributed by atoms with Crippen LogP contribution in [0.3, 0.4) is 0 Å². The van der Waals surface area contributed by atoms with Crippen molar-refractivity contribution in [1.82, 2.24) is 5.32 Å². The lowest BCUT2D eigenvalue weighted by Gasteiger charge is -2.30. The van der Waals surface area contributed by atoms with Gasteiger partial charge in [-0.25, -0.2) is 0 Å². The molecule has 0 aliphatic carbocycles. The van der Waals surface area contributed by atoms with Crippen LogP contribution in [0.2, 0.25) is 0 Å². The van der Waals surface area contributed by atoms with Gasteiger partial charge in [0.15, 0.2) is 0 Å². The highest BCUT2D eigenvalue weighted by Crippen LogP contribution is 2.28. The molecule has 0 unspecified atom stereocenters. The highest BCUT2D eigenvalue weighted by Gasteiger charge is 2.16. The molecule has 1 saturated heterocycles. The second kappa shape index (κ2) is 6.94. The number of benzene rings is 1. The fourth-order valence-corrected chi connectivity index (χ4v) is 2.53. The number of rotatable bonds is 4. The number of para-hydroxylation sites is 2. The van der Waals surface area contributed by atoms with Crippen LogP contribution in [0.15, 0.2) is 24.3 Å². The molecule has 21 heavy (non-hydrogen) atoms. The molecule has 2 rings (SSSR count). The van der Waals surface area contributed by atoms with Crippen molar-refractivity contribution in [2.45, 2.75) is 45.6 Å². The number of nitrogens with one attached hydrogen (secondary N) is 2. The fourth-order valence-electron chi connectivity index (χ4n) is 2.53. The van der Waals surface area contributed by atoms with Gasteiger partial charge in [0.05, 0.1) is 17.9 Å². The van der Waals surface area contributed by atoms with E-state index in [0.29, 0.717) is 6.54 Å². The molecule has 1 amide bonds. The lowest BCUT2D eigenvalue weighted by molar-refractivity contribution is -0.115. The van der Waals surface area contributed by atoms with Crippen LogP contribution in [0.1, 0.15) is 40.0 Å². The SMILES string of the molecule is CC(C)(C)NCC(=O)Nc1ccccc1N1CCCCC1. The number of carbonyl (C=O) groups excluding carboxylic acids is 1. The Hall–Kier alpha value is -1.55. The van der Waals surface area contributed by atoms with Gasteiger partial charge in [-0.2, -0.15) is 0 Å². The predicted molar refractivity (Wildman–Crippen MR) is 88.9 cm³/mol. The number of piperidine rings is 1. The van der Waals surface area contributed by atoms with E-state index in [-0.39, 0.29) is 11.4 Å². The van der Waals surface area contributed by atoms with Crippen LogP contribution < -0.4 is 15.5 Å². The number of hydrogen-bond donors (Lipinski definition) is 2. The first-order valence-corrected chi connectivity index (χ1v) is 7.84. The summed E-state index contributed by atoms with van der Waals surface area (Å²) in [5, 5.41) is 6.25. The molecule has 1 heterocycles. The van der Waals surface area contributed by atoms with Crippen LogP contribution >= 0.6 is 0 Å². The predicted octanol–water partition coefficient (Wildman–Crippen LogP) is 3.00. The van der Waals surface area contributed by atoms with Gasteiger partial charge in [-0.05, 0) is 52.2 Å². The molecule has 2 N–H and O–H groups in total. The largest absolute Gasteiger partial charge is 0.370 e. The summed E-state index contributed by atoms with van der Waals surface area (Å²) in [4.78, 5) is 14.5. The fraction of sp³-hybridized carbons (Fsp3) is 0.588. The summed E-state index contributed by atoms with van der Waals surface area (Å²) in [6.45, 7) is 8.66. The summed E-state index contributed by atoms with van der Waals surface area (Å²) in [5.41, 5.74) is 2.01. The second-order valence-corrected chi connectivity index (χ2v) is 6.72. The third-order valence-corrected chi connectivity index (χ3v) is 3.65. The Morgan fingerprint density at radius 2 is 1.81 bits per heavy atom. The van der Waals surface area contributed by atoms with Gasteiger partial charge in [0.25, 0.3) is 0 Å². The molecule has 1 aromatic rings. The first-order valence-electron chi connectivity index (χ1n) is 7.84. The minimum Gasteiger partial charge on any atom is -0.370 e. The van der Waals surface area contributed by atoms with Crippen LogP contribution in [0.5, 0.6) is 0 Å². The van der Waals surface area contributed by atoms with E-state index in [9.17, 15) is 4.79 Å². The molecular formula is C17H27N3O. The van der Waals surface area contributed by atoms with E-state index in [1.165, 1.54) is 19.3 Å². The van der Waals surface area contributed by atoms with Crippen molar-refractivity contribution in [3.8, 4) is 0 Å². The summed E-state index contributed by atoms with van der Waals surface area (Å²) < 4.78 is 0. The number of nitrogens with zero attached hydrogens (tertiary/aromatic N) is 1. The van der Waals surface area contributed by atoms with Crippen molar-refractivity contribution >= 4 is 17.3 Å². The molecule has 0 spiro atoms. The van der Waals surface area contributed by atoms with Gasteiger partial charge in [0.2, 0.25) is 5.91 Å². The zero-order chi connectivity index (χ0) is 15.3. The Morgan fingerprint density at radius 3 is 2.48 bits per heavy atom. The average molecular weight is 289 g/mol. The molecular weight excluding hydrogens is 262 g/mol. The van der Waals surface area contributed by atoms with Crippen molar-refractivity contribution in [1.29, 1.82) is 0 Å². The minimum atomic E-state index is -0.0519. The van der Waals surface area contributed by atoms with Gasteiger partial charge in [-0.15, -0.1) is 0 Å². The van der Waals surface area contributed by atoms with Gasteiger partial charge in [-0.1, -0.05) is 12.1 Å². The third kappa shape index (κ3) is 5.05. The van der Waals surface area contributed by atoms with Gasteiger partial charge in [0.1, 0.15) is 0 Å². The minimum absolute atomic E-state index is 0.00869. The Bertz CT molecular complexity index is 473. The molecule has 0 aromatic heterocycles. The Labute approximate surface area is 127 Å². The summed E-state index contributed by atoms with van der Waals surface area (Å²) in [6.07, 6.45) is 3.77. The average Bonchev–Trinajstić information content (AvgIpc) is 2.46. The molecule has 0 atom stereocenters. The number of hydrogen-bond acceptors (Lipinski definition) is 3. The van der Waals surface area contributed by atoms with Crippen LogP contribution in [0.25, 0.3) is 0 Å². The zero-order valence-electron chi connectivity index (χ0n) is 13.4. The summed E-state index contributed by atoms with van der Waals surface area (Å²) >= 11 is 0. The van der Waals surface area contributed by atoms with E-state index >= 15 is 0 Å². The van der Waals surface area contributed by atoms with Crippen molar-refractivity contribution < 1.29 is 4.79 Å². The van der Waals surface area contributed by atoms with Gasteiger partial charge < -0.3 is 15.5 Å². The van der Waals surface area contributed by atoms with E-state index in [1.807, 2.05) is 18.2 Å². The second-order valence-electron chi connectivity index (χ2n) is 6.72. The summed E-state index contributed by atoms with van der Waals surface area (Å²) in [7, 11) is 0. The molecule has 0 saturated carbocycles. The van der Waals surface area contributed by atoms with Gasteiger partial charge in [-0.3, -0.25) is 4.79 Å². The summed E-state index contributed by atoms with van der Waals surface area (Å²) in [6, 6.07) is 8.09. The zero-order valence-corrected chi connectivity index (χ0v) is 13.4. The van der Waals surface area contributed by atoms with Crippen LogP contribution in [0.4, 0.5) is 11.4 Å². The third-order valence-electron chi connectivity index (χ3n) is 3.65. The topological polar surface area (TPSA) is 44.4 Å². The van der Waals surface area contributed by atoms with Gasteiger partial charge >= 0.3 is 0 Å². The molecule has 0 bridgehead atoms.